The molecule has 0 radical (unpaired) electrons. The zero-order valence-corrected chi connectivity index (χ0v) is 18.5. The second kappa shape index (κ2) is 12.6. The maximum atomic E-state index is 12.6. The molecule has 0 bridgehead atoms. The van der Waals surface area contributed by atoms with E-state index in [1.54, 1.807) is 4.90 Å². The summed E-state index contributed by atoms with van der Waals surface area (Å²) in [4.78, 5) is 32.1. The van der Waals surface area contributed by atoms with Crippen molar-refractivity contribution in [1.82, 2.24) is 21.0 Å². The Hall–Kier alpha value is -2.16. The lowest BCUT2D eigenvalue weighted by atomic mass is 9.99. The van der Waals surface area contributed by atoms with E-state index >= 15 is 0 Å². The van der Waals surface area contributed by atoms with Crippen LogP contribution in [0.25, 0.3) is 0 Å². The molecule has 0 aromatic heterocycles. The van der Waals surface area contributed by atoms with Gasteiger partial charge in [0.2, 0.25) is 5.91 Å². The predicted molar refractivity (Wildman–Crippen MR) is 118 cm³/mol. The number of rotatable bonds is 9. The van der Waals surface area contributed by atoms with Crippen molar-refractivity contribution in [3.05, 3.63) is 35.9 Å². The molecular weight excluding hydrogens is 396 g/mol. The van der Waals surface area contributed by atoms with Crippen LogP contribution in [0.2, 0.25) is 0 Å². The zero-order valence-electron chi connectivity index (χ0n) is 18.5. The van der Waals surface area contributed by atoms with Gasteiger partial charge in [-0.3, -0.25) is 4.79 Å². The number of ether oxygens (including phenoxy) is 1. The third kappa shape index (κ3) is 7.79. The first-order chi connectivity index (χ1) is 15.2. The molecule has 2 aliphatic rings. The van der Waals surface area contributed by atoms with Crippen LogP contribution in [-0.2, 0) is 21.0 Å². The number of piperidine rings is 2. The Morgan fingerprint density at radius 3 is 2.55 bits per heavy atom. The number of nitrogens with zero attached hydrogens (tertiary/aromatic N) is 1. The van der Waals surface area contributed by atoms with Crippen molar-refractivity contribution < 1.29 is 19.2 Å². The topological polar surface area (TPSA) is 91.9 Å². The number of hydrogen-bond acceptors (Lipinski definition) is 6. The number of benzene rings is 1. The lowest BCUT2D eigenvalue weighted by Gasteiger charge is -2.34. The summed E-state index contributed by atoms with van der Waals surface area (Å²) in [5.41, 5.74) is 4.06. The summed E-state index contributed by atoms with van der Waals surface area (Å²) >= 11 is 0. The first kappa shape index (κ1) is 23.5. The minimum Gasteiger partial charge on any atom is -0.445 e. The number of hydrogen-bond donors (Lipinski definition) is 3. The van der Waals surface area contributed by atoms with E-state index in [0.717, 1.165) is 57.2 Å². The van der Waals surface area contributed by atoms with Crippen LogP contribution >= 0.6 is 0 Å². The highest BCUT2D eigenvalue weighted by atomic mass is 16.6. The van der Waals surface area contributed by atoms with Crippen LogP contribution in [0.5, 0.6) is 0 Å². The highest BCUT2D eigenvalue weighted by molar-refractivity contribution is 5.82. The normalized spacial score (nSPS) is 22.2. The third-order valence-electron chi connectivity index (χ3n) is 5.89. The summed E-state index contributed by atoms with van der Waals surface area (Å²) < 4.78 is 5.40. The molecular formula is C23H36N4O4. The summed E-state index contributed by atoms with van der Waals surface area (Å²) in [5, 5.41) is 6.47. The first-order valence-electron chi connectivity index (χ1n) is 11.5. The molecule has 3 N–H and O–H groups in total. The highest BCUT2D eigenvalue weighted by Crippen LogP contribution is 2.14. The van der Waals surface area contributed by atoms with Gasteiger partial charge in [0.15, 0.2) is 0 Å². The van der Waals surface area contributed by atoms with Gasteiger partial charge in [0.25, 0.3) is 0 Å². The largest absolute Gasteiger partial charge is 0.445 e. The van der Waals surface area contributed by atoms with E-state index in [1.807, 2.05) is 30.3 Å². The molecule has 1 aromatic rings. The van der Waals surface area contributed by atoms with Crippen molar-refractivity contribution in [1.29, 1.82) is 0 Å². The molecule has 8 nitrogen and oxygen atoms in total. The summed E-state index contributed by atoms with van der Waals surface area (Å²) in [6.07, 6.45) is 5.04. The molecule has 0 aliphatic carbocycles. The molecule has 1 aromatic carbocycles. The monoisotopic (exact) mass is 432 g/mol. The van der Waals surface area contributed by atoms with E-state index in [9.17, 15) is 9.59 Å². The number of nitrogens with one attached hydrogen (secondary N) is 3. The van der Waals surface area contributed by atoms with Gasteiger partial charge in [0, 0.05) is 31.7 Å². The van der Waals surface area contributed by atoms with Gasteiger partial charge in [-0.25, -0.2) is 4.79 Å². The molecule has 2 atom stereocenters. The molecule has 1 unspecified atom stereocenters. The van der Waals surface area contributed by atoms with Crippen LogP contribution in [0, 0.1) is 0 Å². The predicted octanol–water partition coefficient (Wildman–Crippen LogP) is 2.35. The van der Waals surface area contributed by atoms with E-state index in [2.05, 4.69) is 23.0 Å². The fourth-order valence-electron chi connectivity index (χ4n) is 3.89. The van der Waals surface area contributed by atoms with Gasteiger partial charge in [-0.15, -0.1) is 0 Å². The molecule has 0 saturated carbocycles. The molecule has 0 spiro atoms. The Morgan fingerprint density at radius 2 is 1.87 bits per heavy atom. The van der Waals surface area contributed by atoms with Crippen LogP contribution in [0.15, 0.2) is 30.3 Å². The van der Waals surface area contributed by atoms with E-state index in [-0.39, 0.29) is 36.7 Å². The third-order valence-corrected chi connectivity index (χ3v) is 5.89. The van der Waals surface area contributed by atoms with Crippen LogP contribution in [0.3, 0.4) is 0 Å². The summed E-state index contributed by atoms with van der Waals surface area (Å²) in [6.45, 7) is 5.04. The molecule has 2 fully saturated rings. The average Bonchev–Trinajstić information content (AvgIpc) is 2.82. The van der Waals surface area contributed by atoms with Crippen molar-refractivity contribution >= 4 is 12.0 Å². The molecule has 172 valence electrons. The van der Waals surface area contributed by atoms with Crippen molar-refractivity contribution in [2.75, 3.05) is 26.2 Å². The van der Waals surface area contributed by atoms with Crippen molar-refractivity contribution in [2.45, 2.75) is 70.2 Å². The second-order valence-corrected chi connectivity index (χ2v) is 8.37. The molecule has 31 heavy (non-hydrogen) atoms. The Labute approximate surface area is 185 Å². The van der Waals surface area contributed by atoms with E-state index < -0.39 is 0 Å². The van der Waals surface area contributed by atoms with Crippen molar-refractivity contribution in [2.24, 2.45) is 0 Å². The summed E-state index contributed by atoms with van der Waals surface area (Å²) in [6, 6.07) is 9.84. The van der Waals surface area contributed by atoms with Gasteiger partial charge in [0.05, 0.1) is 12.6 Å². The van der Waals surface area contributed by atoms with E-state index in [4.69, 9.17) is 9.57 Å². The van der Waals surface area contributed by atoms with E-state index in [1.165, 1.54) is 0 Å². The minimum atomic E-state index is -0.290. The smallest absolute Gasteiger partial charge is 0.410 e. The Morgan fingerprint density at radius 1 is 1.10 bits per heavy atom. The van der Waals surface area contributed by atoms with Crippen LogP contribution < -0.4 is 16.1 Å². The Kier molecular flexibility index (Phi) is 9.58. The van der Waals surface area contributed by atoms with Crippen LogP contribution in [0.1, 0.15) is 51.0 Å². The van der Waals surface area contributed by atoms with Crippen molar-refractivity contribution in [3.63, 3.8) is 0 Å². The van der Waals surface area contributed by atoms with Gasteiger partial charge >= 0.3 is 6.09 Å². The zero-order chi connectivity index (χ0) is 21.9. The number of carbonyl (C=O) groups excluding carboxylic acids is 2. The lowest BCUT2D eigenvalue weighted by Crippen LogP contribution is -2.56. The van der Waals surface area contributed by atoms with Gasteiger partial charge in [-0.1, -0.05) is 43.7 Å². The molecule has 2 amide bonds. The summed E-state index contributed by atoms with van der Waals surface area (Å²) in [5.74, 6) is 0.0513. The van der Waals surface area contributed by atoms with Gasteiger partial charge in [-0.05, 0) is 37.7 Å². The standard InChI is InChI=1S/C23H36N4O4/c1-2-3-15-31-26-20-9-10-21(24-16-20)22(28)25-19-11-13-27(14-12-19)23(29)30-17-18-7-5-4-6-8-18/h4-8,19-21,24,26H,2-3,9-17H2,1H3,(H,25,28)/t20-,21?/m1/s1. The average molecular weight is 433 g/mol. The number of hydroxylamine groups is 1. The number of unbranched alkanes of at least 4 members (excludes halogenated alkanes) is 1. The second-order valence-electron chi connectivity index (χ2n) is 8.37. The van der Waals surface area contributed by atoms with Crippen LogP contribution in [-0.4, -0.2) is 61.3 Å². The molecule has 2 heterocycles. The first-order valence-corrected chi connectivity index (χ1v) is 11.5. The fourth-order valence-corrected chi connectivity index (χ4v) is 3.89. The van der Waals surface area contributed by atoms with Gasteiger partial charge in [-0.2, -0.15) is 5.48 Å². The number of amides is 2. The maximum absolute atomic E-state index is 12.6. The molecule has 8 heteroatoms. The minimum absolute atomic E-state index is 0.0513. The Balaban J connectivity index is 1.30. The number of carbonyl (C=O) groups is 2. The highest BCUT2D eigenvalue weighted by Gasteiger charge is 2.29. The van der Waals surface area contributed by atoms with Gasteiger partial charge in [0.1, 0.15) is 6.61 Å². The van der Waals surface area contributed by atoms with Gasteiger partial charge < -0.3 is 25.1 Å². The quantitative estimate of drug-likeness (QED) is 0.410. The fraction of sp³-hybridized carbons (Fsp3) is 0.652. The maximum Gasteiger partial charge on any atom is 0.410 e. The van der Waals surface area contributed by atoms with Crippen molar-refractivity contribution in [3.8, 4) is 0 Å². The SMILES string of the molecule is CCCCON[C@@H]1CCC(C(=O)NC2CCN(C(=O)OCc3ccccc3)CC2)NC1. The lowest BCUT2D eigenvalue weighted by molar-refractivity contribution is -0.125. The van der Waals surface area contributed by atoms with Crippen LogP contribution in [0.4, 0.5) is 4.79 Å². The summed E-state index contributed by atoms with van der Waals surface area (Å²) in [7, 11) is 0. The van der Waals surface area contributed by atoms with E-state index in [0.29, 0.717) is 13.1 Å². The molecule has 2 saturated heterocycles. The molecule has 3 rings (SSSR count). The Bertz CT molecular complexity index is 671. The molecule has 2 aliphatic heterocycles. The number of likely N-dealkylation sites (tertiary alicyclic amines) is 1.